The summed E-state index contributed by atoms with van der Waals surface area (Å²) in [6.07, 6.45) is 10.1. The highest BCUT2D eigenvalue weighted by Gasteiger charge is 2.12. The number of benzene rings is 1. The predicted molar refractivity (Wildman–Crippen MR) is 57.6 cm³/mol. The van der Waals surface area contributed by atoms with Crippen LogP contribution in [0.3, 0.4) is 0 Å². The van der Waals surface area contributed by atoms with Gasteiger partial charge in [-0.15, -0.1) is 0 Å². The van der Waals surface area contributed by atoms with Gasteiger partial charge in [0.2, 0.25) is 0 Å². The summed E-state index contributed by atoms with van der Waals surface area (Å²) in [6.45, 7) is 2.17. The van der Waals surface area contributed by atoms with Gasteiger partial charge >= 0.3 is 0 Å². The van der Waals surface area contributed by atoms with Gasteiger partial charge in [-0.05, 0) is 17.5 Å². The highest BCUT2D eigenvalue weighted by molar-refractivity contribution is 5.63. The molecule has 1 aromatic rings. The number of hydrogen-bond donors (Lipinski definition) is 0. The molecule has 0 fully saturated rings. The van der Waals surface area contributed by atoms with Crippen molar-refractivity contribution in [1.82, 2.24) is 0 Å². The summed E-state index contributed by atoms with van der Waals surface area (Å²) in [6, 6.07) is 8.58. The second-order valence-corrected chi connectivity index (χ2v) is 3.35. The second-order valence-electron chi connectivity index (χ2n) is 3.35. The van der Waals surface area contributed by atoms with Crippen molar-refractivity contribution in [3.63, 3.8) is 0 Å². The fourth-order valence-electron chi connectivity index (χ4n) is 1.73. The van der Waals surface area contributed by atoms with Crippen LogP contribution in [0.1, 0.15) is 30.4 Å². The van der Waals surface area contributed by atoms with Crippen molar-refractivity contribution < 1.29 is 0 Å². The quantitative estimate of drug-likeness (QED) is 0.593. The Labute approximate surface area is 79.6 Å². The van der Waals surface area contributed by atoms with E-state index in [0.717, 1.165) is 6.42 Å². The Hall–Kier alpha value is -1.30. The minimum Gasteiger partial charge on any atom is -0.0879 e. The third-order valence-electron chi connectivity index (χ3n) is 2.42. The van der Waals surface area contributed by atoms with E-state index in [2.05, 4.69) is 55.5 Å². The van der Waals surface area contributed by atoms with Crippen molar-refractivity contribution in [3.05, 3.63) is 53.6 Å². The summed E-state index contributed by atoms with van der Waals surface area (Å²) >= 11 is 0. The van der Waals surface area contributed by atoms with Gasteiger partial charge in [0.25, 0.3) is 0 Å². The molecule has 1 atom stereocenters. The minimum atomic E-state index is 0.510. The Morgan fingerprint density at radius 3 is 3.00 bits per heavy atom. The first kappa shape index (κ1) is 8.31. The molecule has 1 aliphatic rings. The van der Waals surface area contributed by atoms with Crippen molar-refractivity contribution in [2.45, 2.75) is 19.3 Å². The van der Waals surface area contributed by atoms with Crippen molar-refractivity contribution in [2.75, 3.05) is 0 Å². The van der Waals surface area contributed by atoms with Gasteiger partial charge in [-0.2, -0.15) is 0 Å². The Kier molecular flexibility index (Phi) is 2.31. The summed E-state index contributed by atoms with van der Waals surface area (Å²) in [4.78, 5) is 0. The van der Waals surface area contributed by atoms with Crippen molar-refractivity contribution in [3.8, 4) is 0 Å². The van der Waals surface area contributed by atoms with Gasteiger partial charge in [-0.3, -0.25) is 0 Å². The molecule has 0 heterocycles. The summed E-state index contributed by atoms with van der Waals surface area (Å²) < 4.78 is 0. The monoisotopic (exact) mass is 170 g/mol. The van der Waals surface area contributed by atoms with Crippen LogP contribution in [0.2, 0.25) is 0 Å². The number of hydrogen-bond acceptors (Lipinski definition) is 0. The van der Waals surface area contributed by atoms with Crippen LogP contribution in [-0.2, 0) is 0 Å². The van der Waals surface area contributed by atoms with Crippen molar-refractivity contribution >= 4 is 6.08 Å². The molecule has 0 radical (unpaired) electrons. The van der Waals surface area contributed by atoms with Crippen molar-refractivity contribution in [2.24, 2.45) is 0 Å². The first-order valence-corrected chi connectivity index (χ1v) is 4.85. The summed E-state index contributed by atoms with van der Waals surface area (Å²) in [7, 11) is 0. The smallest absolute Gasteiger partial charge is 0.0207 e. The number of rotatable bonds is 2. The molecule has 0 bridgehead atoms. The van der Waals surface area contributed by atoms with Gasteiger partial charge in [-0.1, -0.05) is 55.5 Å². The lowest BCUT2D eigenvalue weighted by molar-refractivity contribution is 1.08. The molecule has 0 amide bonds. The maximum Gasteiger partial charge on any atom is 0.0207 e. The fourth-order valence-corrected chi connectivity index (χ4v) is 1.73. The lowest BCUT2D eigenvalue weighted by Crippen LogP contribution is -1.87. The van der Waals surface area contributed by atoms with Gasteiger partial charge in [0.15, 0.2) is 0 Å². The summed E-state index contributed by atoms with van der Waals surface area (Å²) in [5.41, 5.74) is 2.81. The molecule has 0 heteroatoms. The van der Waals surface area contributed by atoms with Gasteiger partial charge in [0, 0.05) is 5.92 Å². The van der Waals surface area contributed by atoms with Crippen LogP contribution in [0.15, 0.2) is 42.5 Å². The normalized spacial score (nSPS) is 19.6. The largest absolute Gasteiger partial charge is 0.0879 e. The van der Waals surface area contributed by atoms with Gasteiger partial charge in [0.05, 0.1) is 0 Å². The van der Waals surface area contributed by atoms with Crippen LogP contribution in [0, 0.1) is 0 Å². The second kappa shape index (κ2) is 3.61. The molecule has 0 N–H and O–H groups in total. The van der Waals surface area contributed by atoms with Crippen LogP contribution < -0.4 is 0 Å². The zero-order chi connectivity index (χ0) is 9.10. The Morgan fingerprint density at radius 1 is 1.31 bits per heavy atom. The Morgan fingerprint density at radius 2 is 2.15 bits per heavy atom. The third kappa shape index (κ3) is 1.57. The Balaban J connectivity index is 2.28. The average Bonchev–Trinajstić information content (AvgIpc) is 2.58. The van der Waals surface area contributed by atoms with Gasteiger partial charge < -0.3 is 0 Å². The predicted octanol–water partition coefficient (Wildman–Crippen LogP) is 3.76. The van der Waals surface area contributed by atoms with Gasteiger partial charge in [-0.25, -0.2) is 0 Å². The molecule has 0 saturated carbocycles. The topological polar surface area (TPSA) is 0 Å². The molecule has 0 nitrogen and oxygen atoms in total. The highest BCUT2D eigenvalue weighted by Crippen LogP contribution is 2.30. The van der Waals surface area contributed by atoms with E-state index in [1.165, 1.54) is 11.1 Å². The van der Waals surface area contributed by atoms with E-state index in [9.17, 15) is 0 Å². The van der Waals surface area contributed by atoms with Crippen LogP contribution in [0.4, 0.5) is 0 Å². The average molecular weight is 170 g/mol. The van der Waals surface area contributed by atoms with E-state index in [0.29, 0.717) is 5.92 Å². The molecular weight excluding hydrogens is 156 g/mol. The zero-order valence-electron chi connectivity index (χ0n) is 7.90. The molecule has 13 heavy (non-hydrogen) atoms. The van der Waals surface area contributed by atoms with E-state index in [-0.39, 0.29) is 0 Å². The molecule has 1 aliphatic carbocycles. The standard InChI is InChI=1S/C13H14/c1-2-3-6-11-9-10-12-7-4-5-8-13(11)12/h3-11H,2H2,1H3/b6-3+. The van der Waals surface area contributed by atoms with Crippen molar-refractivity contribution in [1.29, 1.82) is 0 Å². The summed E-state index contributed by atoms with van der Waals surface area (Å²) in [5, 5.41) is 0. The summed E-state index contributed by atoms with van der Waals surface area (Å²) in [5.74, 6) is 0.510. The van der Waals surface area contributed by atoms with Crippen LogP contribution in [-0.4, -0.2) is 0 Å². The first-order valence-electron chi connectivity index (χ1n) is 4.85. The van der Waals surface area contributed by atoms with Crippen LogP contribution in [0.5, 0.6) is 0 Å². The van der Waals surface area contributed by atoms with Crippen LogP contribution in [0.25, 0.3) is 6.08 Å². The zero-order valence-corrected chi connectivity index (χ0v) is 7.90. The van der Waals surface area contributed by atoms with E-state index in [1.54, 1.807) is 0 Å². The minimum absolute atomic E-state index is 0.510. The molecule has 0 spiro atoms. The maximum atomic E-state index is 2.28. The highest BCUT2D eigenvalue weighted by atomic mass is 14.2. The molecule has 1 aromatic carbocycles. The van der Waals surface area contributed by atoms with E-state index in [1.807, 2.05) is 0 Å². The Bertz CT molecular complexity index is 345. The lowest BCUT2D eigenvalue weighted by Gasteiger charge is -2.04. The van der Waals surface area contributed by atoms with E-state index >= 15 is 0 Å². The third-order valence-corrected chi connectivity index (χ3v) is 2.42. The molecule has 1 unspecified atom stereocenters. The number of fused-ring (bicyclic) bond motifs is 1. The molecule has 0 aliphatic heterocycles. The molecule has 0 saturated heterocycles. The fraction of sp³-hybridized carbons (Fsp3) is 0.231. The molecular formula is C13H14. The number of allylic oxidation sites excluding steroid dienone is 3. The SMILES string of the molecule is CC/C=C/C1C=Cc2ccccc21. The van der Waals surface area contributed by atoms with Gasteiger partial charge in [0.1, 0.15) is 0 Å². The van der Waals surface area contributed by atoms with E-state index < -0.39 is 0 Å². The molecule has 2 rings (SSSR count). The lowest BCUT2D eigenvalue weighted by atomic mass is 10.0. The van der Waals surface area contributed by atoms with Crippen LogP contribution >= 0.6 is 0 Å². The maximum absolute atomic E-state index is 2.28. The molecule has 66 valence electrons. The first-order chi connectivity index (χ1) is 6.42. The van der Waals surface area contributed by atoms with E-state index in [4.69, 9.17) is 0 Å². The molecule has 0 aromatic heterocycles.